The molecule has 3 nitrogen and oxygen atoms in total. The van der Waals surface area contributed by atoms with E-state index >= 15 is 0 Å². The first kappa shape index (κ1) is 13.3. The average molecular weight is 303 g/mol. The summed E-state index contributed by atoms with van der Waals surface area (Å²) in [7, 11) is 1.64. The fraction of sp³-hybridized carbons (Fsp3) is 0.364. The van der Waals surface area contributed by atoms with Crippen LogP contribution in [-0.2, 0) is 0 Å². The van der Waals surface area contributed by atoms with E-state index in [1.165, 1.54) is 0 Å². The van der Waals surface area contributed by atoms with Gasteiger partial charge in [0.15, 0.2) is 5.11 Å². The number of nitrogens with one attached hydrogen (secondary N) is 2. The minimum absolute atomic E-state index is 0.609. The first-order chi connectivity index (χ1) is 7.67. The Morgan fingerprint density at radius 2 is 2.25 bits per heavy atom. The highest BCUT2D eigenvalue weighted by Crippen LogP contribution is 2.27. The van der Waals surface area contributed by atoms with Gasteiger partial charge in [-0.15, -0.1) is 0 Å². The van der Waals surface area contributed by atoms with Crippen LogP contribution in [0.25, 0.3) is 0 Å². The van der Waals surface area contributed by atoms with Gasteiger partial charge in [0.25, 0.3) is 0 Å². The highest BCUT2D eigenvalue weighted by molar-refractivity contribution is 9.10. The lowest BCUT2D eigenvalue weighted by molar-refractivity contribution is 0.417. The Kier molecular flexibility index (Phi) is 5.55. The first-order valence-electron chi connectivity index (χ1n) is 5.05. The van der Waals surface area contributed by atoms with Crippen LogP contribution >= 0.6 is 28.1 Å². The average Bonchev–Trinajstić information content (AvgIpc) is 2.27. The molecule has 0 heterocycles. The van der Waals surface area contributed by atoms with Gasteiger partial charge in [0.05, 0.1) is 12.8 Å². The zero-order valence-corrected chi connectivity index (χ0v) is 11.7. The molecule has 16 heavy (non-hydrogen) atoms. The van der Waals surface area contributed by atoms with Crippen molar-refractivity contribution in [2.24, 2.45) is 0 Å². The molecule has 0 aromatic heterocycles. The number of hydrogen-bond acceptors (Lipinski definition) is 2. The molecule has 0 saturated carbocycles. The number of ether oxygens (including phenoxy) is 1. The molecule has 0 aliphatic heterocycles. The van der Waals surface area contributed by atoms with E-state index in [2.05, 4.69) is 33.5 Å². The van der Waals surface area contributed by atoms with Crippen LogP contribution in [0.2, 0.25) is 0 Å². The van der Waals surface area contributed by atoms with Crippen LogP contribution in [-0.4, -0.2) is 18.8 Å². The minimum atomic E-state index is 0.609. The minimum Gasteiger partial charge on any atom is -0.495 e. The van der Waals surface area contributed by atoms with E-state index in [-0.39, 0.29) is 0 Å². The third-order valence-electron chi connectivity index (χ3n) is 1.95. The Bertz CT molecular complexity index is 371. The lowest BCUT2D eigenvalue weighted by Gasteiger charge is -2.13. The predicted molar refractivity (Wildman–Crippen MR) is 75.2 cm³/mol. The molecule has 0 radical (unpaired) electrons. The Morgan fingerprint density at radius 3 is 2.88 bits per heavy atom. The number of halogens is 1. The van der Waals surface area contributed by atoms with Crippen LogP contribution in [0.4, 0.5) is 5.69 Å². The van der Waals surface area contributed by atoms with Crippen molar-refractivity contribution in [1.82, 2.24) is 5.32 Å². The molecule has 88 valence electrons. The first-order valence-corrected chi connectivity index (χ1v) is 6.26. The molecule has 0 unspecified atom stereocenters. The summed E-state index contributed by atoms with van der Waals surface area (Å²) in [6.07, 6.45) is 1.04. The van der Waals surface area contributed by atoms with E-state index in [1.807, 2.05) is 18.2 Å². The second-order valence-electron chi connectivity index (χ2n) is 3.23. The van der Waals surface area contributed by atoms with Crippen molar-refractivity contribution < 1.29 is 4.74 Å². The smallest absolute Gasteiger partial charge is 0.170 e. The summed E-state index contributed by atoms with van der Waals surface area (Å²) in [6, 6.07) is 5.74. The van der Waals surface area contributed by atoms with Crippen LogP contribution in [0.3, 0.4) is 0 Å². The molecule has 1 rings (SSSR count). The SMILES string of the molecule is CCCNC(=S)Nc1cc(Br)ccc1OC. The normalized spacial score (nSPS) is 9.69. The van der Waals surface area contributed by atoms with Gasteiger partial charge in [0.1, 0.15) is 5.75 Å². The molecule has 0 aliphatic carbocycles. The topological polar surface area (TPSA) is 33.3 Å². The van der Waals surface area contributed by atoms with E-state index in [0.717, 1.165) is 28.9 Å². The van der Waals surface area contributed by atoms with Crippen LogP contribution in [0, 0.1) is 0 Å². The maximum Gasteiger partial charge on any atom is 0.170 e. The van der Waals surface area contributed by atoms with Gasteiger partial charge in [0.2, 0.25) is 0 Å². The van der Waals surface area contributed by atoms with Crippen molar-refractivity contribution in [2.45, 2.75) is 13.3 Å². The summed E-state index contributed by atoms with van der Waals surface area (Å²) in [5, 5.41) is 6.81. The lowest BCUT2D eigenvalue weighted by Crippen LogP contribution is -2.29. The molecule has 1 aromatic rings. The number of methoxy groups -OCH3 is 1. The van der Waals surface area contributed by atoms with Crippen molar-refractivity contribution in [3.05, 3.63) is 22.7 Å². The molecule has 0 bridgehead atoms. The standard InChI is InChI=1S/C11H15BrN2OS/c1-3-6-13-11(16)14-9-7-8(12)4-5-10(9)15-2/h4-5,7H,3,6H2,1-2H3,(H2,13,14,16). The Hall–Kier alpha value is -0.810. The van der Waals surface area contributed by atoms with Crippen molar-refractivity contribution in [3.8, 4) is 5.75 Å². The van der Waals surface area contributed by atoms with E-state index in [9.17, 15) is 0 Å². The Labute approximate surface area is 110 Å². The lowest BCUT2D eigenvalue weighted by atomic mass is 10.3. The monoisotopic (exact) mass is 302 g/mol. The summed E-state index contributed by atoms with van der Waals surface area (Å²) < 4.78 is 6.22. The second-order valence-corrected chi connectivity index (χ2v) is 4.55. The molecule has 0 amide bonds. The molecule has 0 aliphatic rings. The molecular formula is C11H15BrN2OS. The van der Waals surface area contributed by atoms with Gasteiger partial charge in [-0.2, -0.15) is 0 Å². The largest absolute Gasteiger partial charge is 0.495 e. The Morgan fingerprint density at radius 1 is 1.50 bits per heavy atom. The summed E-state index contributed by atoms with van der Waals surface area (Å²) in [6.45, 7) is 2.96. The summed E-state index contributed by atoms with van der Waals surface area (Å²) in [5.74, 6) is 0.767. The number of hydrogen-bond donors (Lipinski definition) is 2. The molecule has 2 N–H and O–H groups in total. The third kappa shape index (κ3) is 3.98. The van der Waals surface area contributed by atoms with E-state index in [1.54, 1.807) is 7.11 Å². The maximum atomic E-state index is 5.23. The van der Waals surface area contributed by atoms with Gasteiger partial charge < -0.3 is 15.4 Å². The van der Waals surface area contributed by atoms with Crippen molar-refractivity contribution in [2.75, 3.05) is 19.0 Å². The Balaban J connectivity index is 2.71. The fourth-order valence-corrected chi connectivity index (χ4v) is 1.76. The third-order valence-corrected chi connectivity index (χ3v) is 2.68. The van der Waals surface area contributed by atoms with Crippen molar-refractivity contribution in [1.29, 1.82) is 0 Å². The molecule has 1 aromatic carbocycles. The zero-order chi connectivity index (χ0) is 12.0. The van der Waals surface area contributed by atoms with Gasteiger partial charge >= 0.3 is 0 Å². The molecule has 0 spiro atoms. The number of benzene rings is 1. The fourth-order valence-electron chi connectivity index (χ4n) is 1.18. The molecule has 5 heteroatoms. The van der Waals surface area contributed by atoms with E-state index in [4.69, 9.17) is 17.0 Å². The quantitative estimate of drug-likeness (QED) is 0.837. The highest BCUT2D eigenvalue weighted by atomic mass is 79.9. The second kappa shape index (κ2) is 6.70. The summed E-state index contributed by atoms with van der Waals surface area (Å²) >= 11 is 8.57. The molecular weight excluding hydrogens is 288 g/mol. The van der Waals surface area contributed by atoms with Gasteiger partial charge in [-0.1, -0.05) is 22.9 Å². The van der Waals surface area contributed by atoms with Crippen LogP contribution in [0.1, 0.15) is 13.3 Å². The summed E-state index contributed by atoms with van der Waals surface area (Å²) in [4.78, 5) is 0. The van der Waals surface area contributed by atoms with Gasteiger partial charge in [-0.3, -0.25) is 0 Å². The van der Waals surface area contributed by atoms with Gasteiger partial charge in [-0.05, 0) is 36.8 Å². The van der Waals surface area contributed by atoms with Gasteiger partial charge in [-0.25, -0.2) is 0 Å². The maximum absolute atomic E-state index is 5.23. The van der Waals surface area contributed by atoms with Crippen LogP contribution < -0.4 is 15.4 Å². The number of anilines is 1. The number of thiocarbonyl (C=S) groups is 1. The van der Waals surface area contributed by atoms with E-state index in [0.29, 0.717) is 5.11 Å². The molecule has 0 fully saturated rings. The number of rotatable bonds is 4. The predicted octanol–water partition coefficient (Wildman–Crippen LogP) is 3.15. The van der Waals surface area contributed by atoms with Crippen molar-refractivity contribution in [3.63, 3.8) is 0 Å². The summed E-state index contributed by atoms with van der Waals surface area (Å²) in [5.41, 5.74) is 0.852. The van der Waals surface area contributed by atoms with Gasteiger partial charge in [0, 0.05) is 11.0 Å². The zero-order valence-electron chi connectivity index (χ0n) is 9.34. The van der Waals surface area contributed by atoms with Crippen LogP contribution in [0.15, 0.2) is 22.7 Å². The highest BCUT2D eigenvalue weighted by Gasteiger charge is 2.04. The van der Waals surface area contributed by atoms with Crippen molar-refractivity contribution >= 4 is 38.9 Å². The van der Waals surface area contributed by atoms with E-state index < -0.39 is 0 Å². The molecule has 0 atom stereocenters. The molecule has 0 saturated heterocycles. The van der Waals surface area contributed by atoms with Crippen LogP contribution in [0.5, 0.6) is 5.75 Å².